The highest BCUT2D eigenvalue weighted by Crippen LogP contribution is 2.28. The Morgan fingerprint density at radius 2 is 1.67 bits per heavy atom. The summed E-state index contributed by atoms with van der Waals surface area (Å²) in [6, 6.07) is 18.3. The van der Waals surface area contributed by atoms with Gasteiger partial charge in [-0.2, -0.15) is 0 Å². The van der Waals surface area contributed by atoms with Gasteiger partial charge in [-0.05, 0) is 31.2 Å². The lowest BCUT2D eigenvalue weighted by molar-refractivity contribution is 0.215. The molecule has 1 aromatic heterocycles. The lowest BCUT2D eigenvalue weighted by atomic mass is 10.3. The van der Waals surface area contributed by atoms with Crippen LogP contribution in [0.25, 0.3) is 5.69 Å². The minimum Gasteiger partial charge on any atom is -0.480 e. The van der Waals surface area contributed by atoms with Gasteiger partial charge in [-0.25, -0.2) is 9.48 Å². The summed E-state index contributed by atoms with van der Waals surface area (Å²) in [4.78, 5) is 12.2. The van der Waals surface area contributed by atoms with Crippen LogP contribution in [0.3, 0.4) is 0 Å². The number of ether oxygens (including phenoxy) is 2. The molecule has 6 nitrogen and oxygen atoms in total. The fraction of sp³-hybridized carbons (Fsp3) is 0.111. The number of rotatable bonds is 4. The quantitative estimate of drug-likeness (QED) is 0.793. The molecule has 2 aromatic carbocycles. The summed E-state index contributed by atoms with van der Waals surface area (Å²) in [5, 5.41) is 7.12. The number of hydrogen-bond acceptors (Lipinski definition) is 4. The van der Waals surface area contributed by atoms with Crippen LogP contribution in [-0.4, -0.2) is 23.0 Å². The number of amides is 1. The molecular formula is C18H17N3O3. The molecule has 3 aromatic rings. The minimum absolute atomic E-state index is 0.439. The first kappa shape index (κ1) is 15.6. The molecule has 0 atom stereocenters. The monoisotopic (exact) mass is 323 g/mol. The topological polar surface area (TPSA) is 65.4 Å². The summed E-state index contributed by atoms with van der Waals surface area (Å²) in [7, 11) is 1.54. The van der Waals surface area contributed by atoms with Crippen LogP contribution in [-0.2, 0) is 0 Å². The van der Waals surface area contributed by atoms with E-state index in [4.69, 9.17) is 9.47 Å². The molecule has 6 heteroatoms. The van der Waals surface area contributed by atoms with Crippen LogP contribution in [0.5, 0.6) is 11.6 Å². The molecule has 0 radical (unpaired) electrons. The van der Waals surface area contributed by atoms with E-state index >= 15 is 0 Å². The SMILES string of the molecule is COc1nn(-c2ccccc2)c(NC(=O)Oc2ccccc2)c1C. The van der Waals surface area contributed by atoms with Crippen molar-refractivity contribution in [1.29, 1.82) is 0 Å². The summed E-state index contributed by atoms with van der Waals surface area (Å²) >= 11 is 0. The normalized spacial score (nSPS) is 10.2. The van der Waals surface area contributed by atoms with Gasteiger partial charge in [-0.3, -0.25) is 5.32 Å². The molecule has 24 heavy (non-hydrogen) atoms. The van der Waals surface area contributed by atoms with Crippen molar-refractivity contribution >= 4 is 11.9 Å². The Bertz CT molecular complexity index is 829. The first-order chi connectivity index (χ1) is 11.7. The van der Waals surface area contributed by atoms with Gasteiger partial charge in [0.25, 0.3) is 0 Å². The number of carbonyl (C=O) groups excluding carboxylic acids is 1. The largest absolute Gasteiger partial charge is 0.480 e. The molecule has 0 saturated carbocycles. The van der Waals surface area contributed by atoms with Crippen molar-refractivity contribution in [1.82, 2.24) is 9.78 Å². The van der Waals surface area contributed by atoms with Gasteiger partial charge in [0.15, 0.2) is 0 Å². The van der Waals surface area contributed by atoms with E-state index in [0.29, 0.717) is 23.0 Å². The first-order valence-corrected chi connectivity index (χ1v) is 7.42. The Morgan fingerprint density at radius 3 is 2.29 bits per heavy atom. The second-order valence-corrected chi connectivity index (χ2v) is 5.06. The van der Waals surface area contributed by atoms with Gasteiger partial charge in [0.2, 0.25) is 5.88 Å². The number of hydrogen-bond donors (Lipinski definition) is 1. The molecule has 0 aliphatic carbocycles. The predicted molar refractivity (Wildman–Crippen MR) is 90.9 cm³/mol. The van der Waals surface area contributed by atoms with Crippen LogP contribution in [0.15, 0.2) is 60.7 Å². The van der Waals surface area contributed by atoms with E-state index in [1.807, 2.05) is 43.3 Å². The molecule has 0 fully saturated rings. The summed E-state index contributed by atoms with van der Waals surface area (Å²) in [5.74, 6) is 1.40. The number of anilines is 1. The number of benzene rings is 2. The summed E-state index contributed by atoms with van der Waals surface area (Å²) in [6.45, 7) is 1.82. The van der Waals surface area contributed by atoms with Crippen molar-refractivity contribution < 1.29 is 14.3 Å². The zero-order valence-electron chi connectivity index (χ0n) is 13.4. The number of carbonyl (C=O) groups is 1. The number of nitrogens with zero attached hydrogens (tertiary/aromatic N) is 2. The molecule has 1 N–H and O–H groups in total. The Labute approximate surface area is 139 Å². The smallest absolute Gasteiger partial charge is 0.418 e. The Morgan fingerprint density at radius 1 is 1.04 bits per heavy atom. The van der Waals surface area contributed by atoms with E-state index in [1.165, 1.54) is 7.11 Å². The molecule has 1 amide bonds. The van der Waals surface area contributed by atoms with Crippen LogP contribution in [0.1, 0.15) is 5.56 Å². The van der Waals surface area contributed by atoms with Gasteiger partial charge in [0, 0.05) is 0 Å². The average Bonchev–Trinajstić information content (AvgIpc) is 2.92. The van der Waals surface area contributed by atoms with Gasteiger partial charge in [-0.1, -0.05) is 36.4 Å². The van der Waals surface area contributed by atoms with Gasteiger partial charge in [-0.15, -0.1) is 5.10 Å². The number of nitrogens with one attached hydrogen (secondary N) is 1. The fourth-order valence-electron chi connectivity index (χ4n) is 2.29. The Balaban J connectivity index is 1.89. The highest BCUT2D eigenvalue weighted by Gasteiger charge is 2.19. The minimum atomic E-state index is -0.593. The van der Waals surface area contributed by atoms with Crippen molar-refractivity contribution in [3.63, 3.8) is 0 Å². The van der Waals surface area contributed by atoms with Crippen molar-refractivity contribution in [2.24, 2.45) is 0 Å². The first-order valence-electron chi connectivity index (χ1n) is 7.42. The van der Waals surface area contributed by atoms with E-state index in [0.717, 1.165) is 5.69 Å². The van der Waals surface area contributed by atoms with E-state index in [-0.39, 0.29) is 0 Å². The van der Waals surface area contributed by atoms with Crippen LogP contribution in [0.2, 0.25) is 0 Å². The van der Waals surface area contributed by atoms with Crippen molar-refractivity contribution in [3.8, 4) is 17.3 Å². The van der Waals surface area contributed by atoms with Gasteiger partial charge >= 0.3 is 6.09 Å². The average molecular weight is 323 g/mol. The van der Waals surface area contributed by atoms with Crippen molar-refractivity contribution in [3.05, 3.63) is 66.2 Å². The summed E-state index contributed by atoms with van der Waals surface area (Å²) in [5.41, 5.74) is 1.52. The van der Waals surface area contributed by atoms with Crippen LogP contribution >= 0.6 is 0 Å². The van der Waals surface area contributed by atoms with E-state index < -0.39 is 6.09 Å². The van der Waals surface area contributed by atoms with Crippen LogP contribution < -0.4 is 14.8 Å². The standard InChI is InChI=1S/C18H17N3O3/c1-13-16(19-18(22)24-15-11-7-4-8-12-15)21(20-17(13)23-2)14-9-5-3-6-10-14/h3-12H,1-2H3,(H,19,22). The zero-order valence-corrected chi connectivity index (χ0v) is 13.4. The molecule has 0 spiro atoms. The fourth-order valence-corrected chi connectivity index (χ4v) is 2.29. The molecule has 0 aliphatic heterocycles. The number of aromatic nitrogens is 2. The molecule has 3 rings (SSSR count). The molecule has 0 bridgehead atoms. The molecular weight excluding hydrogens is 306 g/mol. The Hall–Kier alpha value is -3.28. The maximum atomic E-state index is 12.2. The predicted octanol–water partition coefficient (Wildman–Crippen LogP) is 3.80. The van der Waals surface area contributed by atoms with Gasteiger partial charge in [0.05, 0.1) is 18.4 Å². The number of methoxy groups -OCH3 is 1. The molecule has 122 valence electrons. The lowest BCUT2D eigenvalue weighted by Crippen LogP contribution is -2.19. The van der Waals surface area contributed by atoms with Crippen molar-refractivity contribution in [2.45, 2.75) is 6.92 Å². The zero-order chi connectivity index (χ0) is 16.9. The van der Waals surface area contributed by atoms with Crippen LogP contribution in [0.4, 0.5) is 10.6 Å². The Kier molecular flexibility index (Phi) is 4.47. The second-order valence-electron chi connectivity index (χ2n) is 5.06. The third-order valence-electron chi connectivity index (χ3n) is 3.45. The maximum absolute atomic E-state index is 12.2. The van der Waals surface area contributed by atoms with Crippen molar-refractivity contribution in [2.75, 3.05) is 12.4 Å². The van der Waals surface area contributed by atoms with E-state index in [9.17, 15) is 4.79 Å². The summed E-state index contributed by atoms with van der Waals surface area (Å²) < 4.78 is 12.2. The second kappa shape index (κ2) is 6.87. The van der Waals surface area contributed by atoms with E-state index in [2.05, 4.69) is 10.4 Å². The highest BCUT2D eigenvalue weighted by atomic mass is 16.6. The van der Waals surface area contributed by atoms with E-state index in [1.54, 1.807) is 28.9 Å². The molecule has 0 saturated heterocycles. The van der Waals surface area contributed by atoms with Crippen LogP contribution in [0, 0.1) is 6.92 Å². The van der Waals surface area contributed by atoms with Gasteiger partial charge < -0.3 is 9.47 Å². The number of para-hydroxylation sites is 2. The maximum Gasteiger partial charge on any atom is 0.418 e. The lowest BCUT2D eigenvalue weighted by Gasteiger charge is -2.10. The molecule has 0 aliphatic rings. The molecule has 0 unspecified atom stereocenters. The third-order valence-corrected chi connectivity index (χ3v) is 3.45. The summed E-state index contributed by atoms with van der Waals surface area (Å²) in [6.07, 6.45) is -0.593. The van der Waals surface area contributed by atoms with Gasteiger partial charge in [0.1, 0.15) is 11.6 Å². The molecule has 1 heterocycles. The third kappa shape index (κ3) is 3.22. The highest BCUT2D eigenvalue weighted by molar-refractivity contribution is 5.87.